The predicted octanol–water partition coefficient (Wildman–Crippen LogP) is 0.721. The van der Waals surface area contributed by atoms with Gasteiger partial charge in [0, 0.05) is 0 Å². The zero-order valence-electron chi connectivity index (χ0n) is 8.12. The largest absolute Gasteiger partial charge is 0.309 e. The lowest BCUT2D eigenvalue weighted by atomic mass is 10.4. The molecule has 0 bridgehead atoms. The van der Waals surface area contributed by atoms with Gasteiger partial charge in [0.1, 0.15) is 5.82 Å². The summed E-state index contributed by atoms with van der Waals surface area (Å²) in [7, 11) is 3.55. The summed E-state index contributed by atoms with van der Waals surface area (Å²) in [6.07, 6.45) is 0. The van der Waals surface area contributed by atoms with E-state index < -0.39 is 5.95 Å². The molecule has 0 aromatic carbocycles. The first-order chi connectivity index (χ1) is 6.58. The number of aromatic nitrogens is 1. The van der Waals surface area contributed by atoms with Crippen molar-refractivity contribution in [1.82, 2.24) is 9.88 Å². The Hall–Kier alpha value is -1.49. The second-order valence-electron chi connectivity index (χ2n) is 3.13. The normalized spacial score (nSPS) is 10.3. The van der Waals surface area contributed by atoms with Gasteiger partial charge in [-0.1, -0.05) is 6.07 Å². The summed E-state index contributed by atoms with van der Waals surface area (Å²) >= 11 is 0. The molecular weight excluding hydrogens is 185 g/mol. The van der Waals surface area contributed by atoms with Crippen molar-refractivity contribution in [3.8, 4) is 0 Å². The Labute approximate surface area is 81.7 Å². The van der Waals surface area contributed by atoms with Gasteiger partial charge in [-0.15, -0.1) is 0 Å². The minimum Gasteiger partial charge on any atom is -0.309 e. The van der Waals surface area contributed by atoms with Gasteiger partial charge in [0.2, 0.25) is 11.9 Å². The highest BCUT2D eigenvalue weighted by molar-refractivity contribution is 5.91. The average molecular weight is 197 g/mol. The molecule has 1 aromatic rings. The molecule has 0 aliphatic carbocycles. The number of halogens is 1. The topological polar surface area (TPSA) is 45.2 Å². The molecule has 0 unspecified atom stereocenters. The number of carbonyl (C=O) groups is 1. The Morgan fingerprint density at radius 1 is 1.57 bits per heavy atom. The number of amides is 1. The molecule has 1 amide bonds. The maximum atomic E-state index is 12.6. The SMILES string of the molecule is CN(C)CC(=O)Nc1cccc(F)n1. The number of nitrogens with one attached hydrogen (secondary N) is 1. The smallest absolute Gasteiger partial charge is 0.239 e. The molecule has 1 aromatic heterocycles. The zero-order valence-corrected chi connectivity index (χ0v) is 8.12. The van der Waals surface area contributed by atoms with Gasteiger partial charge in [-0.25, -0.2) is 4.98 Å². The van der Waals surface area contributed by atoms with Crippen molar-refractivity contribution >= 4 is 11.7 Å². The van der Waals surface area contributed by atoms with Gasteiger partial charge in [0.25, 0.3) is 0 Å². The number of anilines is 1. The van der Waals surface area contributed by atoms with Crippen molar-refractivity contribution in [3.63, 3.8) is 0 Å². The van der Waals surface area contributed by atoms with Crippen LogP contribution < -0.4 is 5.32 Å². The monoisotopic (exact) mass is 197 g/mol. The fourth-order valence-electron chi connectivity index (χ4n) is 0.947. The Balaban J connectivity index is 2.56. The van der Waals surface area contributed by atoms with E-state index in [2.05, 4.69) is 10.3 Å². The summed E-state index contributed by atoms with van der Waals surface area (Å²) in [4.78, 5) is 16.4. The lowest BCUT2D eigenvalue weighted by Gasteiger charge is -2.09. The van der Waals surface area contributed by atoms with E-state index in [1.54, 1.807) is 19.0 Å². The minimum atomic E-state index is -0.604. The van der Waals surface area contributed by atoms with Crippen molar-refractivity contribution < 1.29 is 9.18 Å². The first-order valence-electron chi connectivity index (χ1n) is 4.15. The molecule has 1 heterocycles. The van der Waals surface area contributed by atoms with Crippen LogP contribution in [0, 0.1) is 5.95 Å². The molecule has 0 radical (unpaired) electrons. The van der Waals surface area contributed by atoms with Crippen LogP contribution in [-0.4, -0.2) is 36.4 Å². The second-order valence-corrected chi connectivity index (χ2v) is 3.13. The van der Waals surface area contributed by atoms with Crippen LogP contribution in [0.3, 0.4) is 0 Å². The van der Waals surface area contributed by atoms with E-state index in [1.165, 1.54) is 18.2 Å². The van der Waals surface area contributed by atoms with Gasteiger partial charge < -0.3 is 10.2 Å². The molecule has 0 atom stereocenters. The maximum Gasteiger partial charge on any atom is 0.239 e. The van der Waals surface area contributed by atoms with Gasteiger partial charge in [0.15, 0.2) is 0 Å². The first kappa shape index (κ1) is 10.6. The summed E-state index contributed by atoms with van der Waals surface area (Å²) in [5.41, 5.74) is 0. The number of hydrogen-bond acceptors (Lipinski definition) is 3. The van der Waals surface area contributed by atoms with Gasteiger partial charge in [-0.2, -0.15) is 4.39 Å². The van der Waals surface area contributed by atoms with E-state index >= 15 is 0 Å². The van der Waals surface area contributed by atoms with E-state index in [1.807, 2.05) is 0 Å². The molecule has 76 valence electrons. The molecule has 0 aliphatic heterocycles. The number of rotatable bonds is 3. The van der Waals surface area contributed by atoms with Gasteiger partial charge in [-0.3, -0.25) is 4.79 Å². The Morgan fingerprint density at radius 3 is 2.86 bits per heavy atom. The fraction of sp³-hybridized carbons (Fsp3) is 0.333. The van der Waals surface area contributed by atoms with Crippen LogP contribution in [0.1, 0.15) is 0 Å². The molecule has 0 fully saturated rings. The van der Waals surface area contributed by atoms with Crippen LogP contribution in [0.25, 0.3) is 0 Å². The fourth-order valence-corrected chi connectivity index (χ4v) is 0.947. The standard InChI is InChI=1S/C9H12FN3O/c1-13(2)6-9(14)12-8-5-3-4-7(10)11-8/h3-5H,6H2,1-2H3,(H,11,12,14). The van der Waals surface area contributed by atoms with E-state index in [0.29, 0.717) is 0 Å². The molecule has 0 spiro atoms. The summed E-state index contributed by atoms with van der Waals surface area (Å²) in [5, 5.41) is 2.48. The number of nitrogens with zero attached hydrogens (tertiary/aromatic N) is 2. The molecule has 0 saturated heterocycles. The Kier molecular flexibility index (Phi) is 3.53. The number of hydrogen-bond donors (Lipinski definition) is 1. The van der Waals surface area contributed by atoms with Crippen molar-refractivity contribution in [2.45, 2.75) is 0 Å². The van der Waals surface area contributed by atoms with Crippen LogP contribution in [0.4, 0.5) is 10.2 Å². The predicted molar refractivity (Wildman–Crippen MR) is 51.4 cm³/mol. The van der Waals surface area contributed by atoms with Crippen molar-refractivity contribution in [1.29, 1.82) is 0 Å². The molecule has 1 N–H and O–H groups in total. The van der Waals surface area contributed by atoms with Gasteiger partial charge in [-0.05, 0) is 26.2 Å². The van der Waals surface area contributed by atoms with Crippen molar-refractivity contribution in [2.75, 3.05) is 26.0 Å². The van der Waals surface area contributed by atoms with Gasteiger partial charge in [0.05, 0.1) is 6.54 Å². The number of carbonyl (C=O) groups excluding carboxylic acids is 1. The highest BCUT2D eigenvalue weighted by Gasteiger charge is 2.04. The number of pyridine rings is 1. The molecule has 1 rings (SSSR count). The third-order valence-corrected chi connectivity index (χ3v) is 1.44. The summed E-state index contributed by atoms with van der Waals surface area (Å²) in [6, 6.07) is 4.26. The molecule has 0 saturated carbocycles. The average Bonchev–Trinajstić information content (AvgIpc) is 2.01. The molecule has 4 nitrogen and oxygen atoms in total. The van der Waals surface area contributed by atoms with Crippen molar-refractivity contribution in [2.24, 2.45) is 0 Å². The first-order valence-corrected chi connectivity index (χ1v) is 4.15. The maximum absolute atomic E-state index is 12.6. The van der Waals surface area contributed by atoms with E-state index in [0.717, 1.165) is 0 Å². The quantitative estimate of drug-likeness (QED) is 0.726. The highest BCUT2D eigenvalue weighted by atomic mass is 19.1. The van der Waals surface area contributed by atoms with Crippen molar-refractivity contribution in [3.05, 3.63) is 24.1 Å². The molecule has 14 heavy (non-hydrogen) atoms. The minimum absolute atomic E-state index is 0.215. The van der Waals surface area contributed by atoms with Crippen LogP contribution in [0.2, 0.25) is 0 Å². The van der Waals surface area contributed by atoms with Crippen LogP contribution >= 0.6 is 0 Å². The zero-order chi connectivity index (χ0) is 10.6. The van der Waals surface area contributed by atoms with Crippen LogP contribution in [0.15, 0.2) is 18.2 Å². The molecule has 0 aliphatic rings. The van der Waals surface area contributed by atoms with Crippen LogP contribution in [0.5, 0.6) is 0 Å². The Morgan fingerprint density at radius 2 is 2.29 bits per heavy atom. The molecule has 5 heteroatoms. The third kappa shape index (κ3) is 3.49. The van der Waals surface area contributed by atoms with E-state index in [4.69, 9.17) is 0 Å². The van der Waals surface area contributed by atoms with Gasteiger partial charge >= 0.3 is 0 Å². The lowest BCUT2D eigenvalue weighted by Crippen LogP contribution is -2.27. The van der Waals surface area contributed by atoms with E-state index in [-0.39, 0.29) is 18.3 Å². The highest BCUT2D eigenvalue weighted by Crippen LogP contribution is 2.02. The van der Waals surface area contributed by atoms with E-state index in [9.17, 15) is 9.18 Å². The second kappa shape index (κ2) is 4.66. The van der Waals surface area contributed by atoms with Crippen LogP contribution in [-0.2, 0) is 4.79 Å². The summed E-state index contributed by atoms with van der Waals surface area (Å²) in [5.74, 6) is -0.586. The molecular formula is C9H12FN3O. The summed E-state index contributed by atoms with van der Waals surface area (Å²) in [6.45, 7) is 0.248. The number of likely N-dealkylation sites (N-methyl/N-ethyl adjacent to an activating group) is 1. The lowest BCUT2D eigenvalue weighted by molar-refractivity contribution is -0.116. The third-order valence-electron chi connectivity index (χ3n) is 1.44. The Bertz CT molecular complexity index is 328. The summed E-state index contributed by atoms with van der Waals surface area (Å²) < 4.78 is 12.6.